The van der Waals surface area contributed by atoms with Crippen molar-refractivity contribution in [1.29, 1.82) is 0 Å². The third-order valence-electron chi connectivity index (χ3n) is 2.37. The maximum absolute atomic E-state index is 11.6. The van der Waals surface area contributed by atoms with Crippen LogP contribution in [0.2, 0.25) is 0 Å². The first kappa shape index (κ1) is 13.5. The summed E-state index contributed by atoms with van der Waals surface area (Å²) in [5.74, 6) is -0.503. The number of rotatable bonds is 3. The third kappa shape index (κ3) is 2.76. The van der Waals surface area contributed by atoms with Crippen molar-refractivity contribution in [2.75, 3.05) is 18.6 Å². The van der Waals surface area contributed by atoms with Gasteiger partial charge in [0.05, 0.1) is 22.8 Å². The van der Waals surface area contributed by atoms with Gasteiger partial charge in [-0.2, -0.15) is 0 Å². The van der Waals surface area contributed by atoms with Gasteiger partial charge >= 0.3 is 5.97 Å². The normalized spacial score (nSPS) is 11.2. The molecule has 1 rings (SSSR count). The number of esters is 1. The van der Waals surface area contributed by atoms with E-state index in [-0.39, 0.29) is 22.8 Å². The van der Waals surface area contributed by atoms with Gasteiger partial charge in [0, 0.05) is 6.26 Å². The van der Waals surface area contributed by atoms with Crippen LogP contribution in [0.5, 0.6) is 0 Å². The second kappa shape index (κ2) is 4.75. The van der Waals surface area contributed by atoms with Gasteiger partial charge in [0.15, 0.2) is 9.84 Å². The summed E-state index contributed by atoms with van der Waals surface area (Å²) in [5, 5.41) is 0. The molecule has 94 valence electrons. The van der Waals surface area contributed by atoms with E-state index < -0.39 is 15.8 Å². The standard InChI is InChI=1S/C11H15NO4S/c1-4-16-11(13)8-5-6-9(17(3,14)15)10(12)7(8)2/h5-6H,4,12H2,1-3H3. The molecule has 0 saturated heterocycles. The fourth-order valence-corrected chi connectivity index (χ4v) is 2.32. The number of ether oxygens (including phenoxy) is 1. The second-order valence-electron chi connectivity index (χ2n) is 3.64. The van der Waals surface area contributed by atoms with Gasteiger partial charge in [-0.3, -0.25) is 0 Å². The Hall–Kier alpha value is -1.56. The predicted octanol–water partition coefficient (Wildman–Crippen LogP) is 1.16. The average Bonchev–Trinajstić information content (AvgIpc) is 2.20. The number of nitrogen functional groups attached to an aromatic ring is 1. The maximum atomic E-state index is 11.6. The lowest BCUT2D eigenvalue weighted by atomic mass is 10.1. The number of nitrogens with two attached hydrogens (primary N) is 1. The minimum Gasteiger partial charge on any atom is -0.462 e. The Morgan fingerprint density at radius 3 is 2.47 bits per heavy atom. The highest BCUT2D eigenvalue weighted by Gasteiger charge is 2.18. The molecule has 6 heteroatoms. The van der Waals surface area contributed by atoms with Gasteiger partial charge in [0.1, 0.15) is 0 Å². The molecule has 0 aliphatic heterocycles. The first-order valence-electron chi connectivity index (χ1n) is 5.05. The molecule has 2 N–H and O–H groups in total. The molecular formula is C11H15NO4S. The first-order chi connectivity index (χ1) is 7.79. The Labute approximate surface area is 100 Å². The van der Waals surface area contributed by atoms with Crippen LogP contribution in [-0.4, -0.2) is 27.2 Å². The molecule has 0 bridgehead atoms. The molecule has 0 heterocycles. The number of benzene rings is 1. The maximum Gasteiger partial charge on any atom is 0.338 e. The molecule has 0 fully saturated rings. The lowest BCUT2D eigenvalue weighted by Crippen LogP contribution is -2.11. The van der Waals surface area contributed by atoms with Crippen molar-refractivity contribution in [1.82, 2.24) is 0 Å². The molecule has 0 amide bonds. The van der Waals surface area contributed by atoms with E-state index >= 15 is 0 Å². The van der Waals surface area contributed by atoms with Crippen molar-refractivity contribution in [2.45, 2.75) is 18.7 Å². The second-order valence-corrected chi connectivity index (χ2v) is 5.63. The molecule has 0 saturated carbocycles. The van der Waals surface area contributed by atoms with E-state index in [0.29, 0.717) is 5.56 Å². The van der Waals surface area contributed by atoms with E-state index in [2.05, 4.69) is 0 Å². The molecular weight excluding hydrogens is 242 g/mol. The van der Waals surface area contributed by atoms with Crippen molar-refractivity contribution in [3.05, 3.63) is 23.3 Å². The molecule has 0 radical (unpaired) electrons. The Balaban J connectivity index is 3.34. The Morgan fingerprint density at radius 2 is 2.00 bits per heavy atom. The first-order valence-corrected chi connectivity index (χ1v) is 6.94. The van der Waals surface area contributed by atoms with Crippen LogP contribution in [0.15, 0.2) is 17.0 Å². The molecule has 5 nitrogen and oxygen atoms in total. The summed E-state index contributed by atoms with van der Waals surface area (Å²) < 4.78 is 27.7. The average molecular weight is 257 g/mol. The van der Waals surface area contributed by atoms with Gasteiger partial charge in [-0.25, -0.2) is 13.2 Å². The van der Waals surface area contributed by atoms with Crippen LogP contribution in [0.1, 0.15) is 22.8 Å². The van der Waals surface area contributed by atoms with Gasteiger partial charge in [-0.1, -0.05) is 0 Å². The van der Waals surface area contributed by atoms with E-state index in [0.717, 1.165) is 6.26 Å². The van der Waals surface area contributed by atoms with Gasteiger partial charge in [0.25, 0.3) is 0 Å². The lowest BCUT2D eigenvalue weighted by molar-refractivity contribution is 0.0525. The third-order valence-corrected chi connectivity index (χ3v) is 3.52. The van der Waals surface area contributed by atoms with Gasteiger partial charge in [-0.15, -0.1) is 0 Å². The molecule has 17 heavy (non-hydrogen) atoms. The summed E-state index contributed by atoms with van der Waals surface area (Å²) in [7, 11) is -3.39. The molecule has 0 spiro atoms. The van der Waals surface area contributed by atoms with E-state index in [4.69, 9.17) is 10.5 Å². The Kier molecular flexibility index (Phi) is 3.77. The quantitative estimate of drug-likeness (QED) is 0.648. The highest BCUT2D eigenvalue weighted by Crippen LogP contribution is 2.25. The summed E-state index contributed by atoms with van der Waals surface area (Å²) in [5.41, 5.74) is 6.52. The summed E-state index contributed by atoms with van der Waals surface area (Å²) >= 11 is 0. The molecule has 1 aromatic carbocycles. The van der Waals surface area contributed by atoms with Crippen LogP contribution in [0.25, 0.3) is 0 Å². The van der Waals surface area contributed by atoms with Crippen LogP contribution >= 0.6 is 0 Å². The monoisotopic (exact) mass is 257 g/mol. The van der Waals surface area contributed by atoms with Crippen molar-refractivity contribution < 1.29 is 17.9 Å². The zero-order chi connectivity index (χ0) is 13.2. The van der Waals surface area contributed by atoms with Crippen molar-refractivity contribution >= 4 is 21.5 Å². The predicted molar refractivity (Wildman–Crippen MR) is 64.7 cm³/mol. The number of carbonyl (C=O) groups excluding carboxylic acids is 1. The summed E-state index contributed by atoms with van der Waals surface area (Å²) in [6.07, 6.45) is 1.07. The largest absolute Gasteiger partial charge is 0.462 e. The zero-order valence-corrected chi connectivity index (χ0v) is 10.8. The smallest absolute Gasteiger partial charge is 0.338 e. The highest BCUT2D eigenvalue weighted by atomic mass is 32.2. The number of sulfone groups is 1. The minimum atomic E-state index is -3.39. The number of hydrogen-bond acceptors (Lipinski definition) is 5. The van der Waals surface area contributed by atoms with Gasteiger partial charge in [-0.05, 0) is 31.5 Å². The topological polar surface area (TPSA) is 86.5 Å². The molecule has 0 aromatic heterocycles. The van der Waals surface area contributed by atoms with Crippen LogP contribution in [0, 0.1) is 6.92 Å². The van der Waals surface area contributed by atoms with Crippen molar-refractivity contribution in [3.8, 4) is 0 Å². The van der Waals surface area contributed by atoms with E-state index in [9.17, 15) is 13.2 Å². The summed E-state index contributed by atoms with van der Waals surface area (Å²) in [6.45, 7) is 3.55. The molecule has 1 aromatic rings. The minimum absolute atomic E-state index is 0.0306. The lowest BCUT2D eigenvalue weighted by Gasteiger charge is -2.11. The molecule has 0 atom stereocenters. The summed E-state index contributed by atoms with van der Waals surface area (Å²) in [6, 6.07) is 2.74. The van der Waals surface area contributed by atoms with Crippen LogP contribution in [-0.2, 0) is 14.6 Å². The Bertz CT molecular complexity index is 549. The van der Waals surface area contributed by atoms with Crippen LogP contribution in [0.4, 0.5) is 5.69 Å². The van der Waals surface area contributed by atoms with Crippen LogP contribution in [0.3, 0.4) is 0 Å². The molecule has 0 aliphatic carbocycles. The number of anilines is 1. The zero-order valence-electron chi connectivity index (χ0n) is 9.98. The van der Waals surface area contributed by atoms with Crippen molar-refractivity contribution in [2.24, 2.45) is 0 Å². The number of carbonyl (C=O) groups is 1. The van der Waals surface area contributed by atoms with Gasteiger partial charge < -0.3 is 10.5 Å². The highest BCUT2D eigenvalue weighted by molar-refractivity contribution is 7.90. The number of hydrogen-bond donors (Lipinski definition) is 1. The molecule has 0 aliphatic rings. The molecule has 0 unspecified atom stereocenters. The van der Waals surface area contributed by atoms with E-state index in [1.165, 1.54) is 12.1 Å². The van der Waals surface area contributed by atoms with Crippen LogP contribution < -0.4 is 5.73 Å². The summed E-state index contributed by atoms with van der Waals surface area (Å²) in [4.78, 5) is 11.6. The van der Waals surface area contributed by atoms with E-state index in [1.54, 1.807) is 13.8 Å². The Morgan fingerprint density at radius 1 is 1.41 bits per heavy atom. The fourth-order valence-electron chi connectivity index (χ4n) is 1.46. The van der Waals surface area contributed by atoms with Gasteiger partial charge in [0.2, 0.25) is 0 Å². The van der Waals surface area contributed by atoms with Crippen molar-refractivity contribution in [3.63, 3.8) is 0 Å². The van der Waals surface area contributed by atoms with E-state index in [1.807, 2.05) is 0 Å². The SMILES string of the molecule is CCOC(=O)c1ccc(S(C)(=O)=O)c(N)c1C. The fraction of sp³-hybridized carbons (Fsp3) is 0.364.